The number of nitrogens with zero attached hydrogens (tertiary/aromatic N) is 2. The second-order valence-corrected chi connectivity index (χ2v) is 7.83. The van der Waals surface area contributed by atoms with Crippen LogP contribution in [0, 0.1) is 11.3 Å². The Morgan fingerprint density at radius 2 is 1.90 bits per heavy atom. The van der Waals surface area contributed by atoms with Gasteiger partial charge in [-0.3, -0.25) is 0 Å². The van der Waals surface area contributed by atoms with Crippen LogP contribution in [-0.4, -0.2) is 23.4 Å². The largest absolute Gasteiger partial charge is 0.379 e. The average Bonchev–Trinajstić information content (AvgIpc) is 3.07. The van der Waals surface area contributed by atoms with Gasteiger partial charge in [-0.25, -0.2) is 0 Å². The van der Waals surface area contributed by atoms with E-state index in [2.05, 4.69) is 30.9 Å². The van der Waals surface area contributed by atoms with Gasteiger partial charge in [0.05, 0.1) is 6.61 Å². The van der Waals surface area contributed by atoms with Gasteiger partial charge in [-0.15, -0.1) is 0 Å². The normalized spacial score (nSPS) is 34.3. The smallest absolute Gasteiger partial charge is 0.249 e. The van der Waals surface area contributed by atoms with E-state index in [4.69, 9.17) is 15.0 Å². The predicted molar refractivity (Wildman–Crippen MR) is 79.8 cm³/mol. The van der Waals surface area contributed by atoms with Crippen LogP contribution in [0.2, 0.25) is 0 Å². The maximum absolute atomic E-state index is 6.28. The van der Waals surface area contributed by atoms with Gasteiger partial charge in [-0.1, -0.05) is 25.9 Å². The van der Waals surface area contributed by atoms with Crippen molar-refractivity contribution in [3.8, 4) is 0 Å². The van der Waals surface area contributed by atoms with Crippen molar-refractivity contribution in [2.75, 3.05) is 13.2 Å². The molecule has 0 aromatic carbocycles. The van der Waals surface area contributed by atoms with Crippen LogP contribution in [0.3, 0.4) is 0 Å². The molecule has 2 fully saturated rings. The number of aromatic nitrogens is 2. The molecule has 1 aromatic heterocycles. The maximum atomic E-state index is 6.28. The molecular formula is C16H27N3O2. The van der Waals surface area contributed by atoms with E-state index in [9.17, 15) is 0 Å². The van der Waals surface area contributed by atoms with E-state index >= 15 is 0 Å². The first-order valence-electron chi connectivity index (χ1n) is 8.09. The molecule has 1 saturated heterocycles. The molecule has 21 heavy (non-hydrogen) atoms. The molecule has 5 nitrogen and oxygen atoms in total. The van der Waals surface area contributed by atoms with Gasteiger partial charge in [0.1, 0.15) is 5.54 Å². The fraction of sp³-hybridized carbons (Fsp3) is 0.875. The second-order valence-electron chi connectivity index (χ2n) is 7.83. The Balaban J connectivity index is 1.65. The van der Waals surface area contributed by atoms with Crippen LogP contribution in [0.25, 0.3) is 0 Å². The third-order valence-electron chi connectivity index (χ3n) is 5.24. The van der Waals surface area contributed by atoms with Crippen LogP contribution in [-0.2, 0) is 10.3 Å². The third-order valence-corrected chi connectivity index (χ3v) is 5.24. The highest BCUT2D eigenvalue weighted by atomic mass is 16.5. The number of nitrogens with two attached hydrogens (primary N) is 1. The topological polar surface area (TPSA) is 74.2 Å². The summed E-state index contributed by atoms with van der Waals surface area (Å²) in [5, 5.41) is 4.20. The van der Waals surface area contributed by atoms with Crippen molar-refractivity contribution < 1.29 is 9.26 Å². The van der Waals surface area contributed by atoms with Gasteiger partial charge in [0.2, 0.25) is 5.89 Å². The van der Waals surface area contributed by atoms with E-state index in [1.807, 2.05) is 0 Å². The van der Waals surface area contributed by atoms with Gasteiger partial charge < -0.3 is 15.0 Å². The molecule has 2 N–H and O–H groups in total. The quantitative estimate of drug-likeness (QED) is 0.907. The molecule has 3 rings (SSSR count). The molecule has 0 spiro atoms. The van der Waals surface area contributed by atoms with E-state index < -0.39 is 5.54 Å². The van der Waals surface area contributed by atoms with E-state index in [0.29, 0.717) is 30.4 Å². The Kier molecular flexibility index (Phi) is 3.82. The summed E-state index contributed by atoms with van der Waals surface area (Å²) in [6.07, 6.45) is 5.54. The van der Waals surface area contributed by atoms with Crippen molar-refractivity contribution >= 4 is 0 Å². The predicted octanol–water partition coefficient (Wildman–Crippen LogP) is 2.96. The Labute approximate surface area is 126 Å². The van der Waals surface area contributed by atoms with Crippen molar-refractivity contribution in [2.24, 2.45) is 17.1 Å². The lowest BCUT2D eigenvalue weighted by molar-refractivity contribution is 0.164. The summed E-state index contributed by atoms with van der Waals surface area (Å²) in [5.41, 5.74) is 6.10. The van der Waals surface area contributed by atoms with Crippen molar-refractivity contribution in [1.29, 1.82) is 0 Å². The van der Waals surface area contributed by atoms with Crippen LogP contribution >= 0.6 is 0 Å². The molecule has 1 unspecified atom stereocenters. The molecule has 118 valence electrons. The molecule has 0 radical (unpaired) electrons. The standard InChI is InChI=1S/C16H27N3O2/c1-15(2,3)12-6-4-11(5-7-12)13-18-14(21-19-13)16(17)8-9-20-10-16/h11-12H,4-10,17H2,1-3H3. The molecule has 1 aliphatic heterocycles. The molecule has 0 bridgehead atoms. The molecule has 1 aromatic rings. The first-order valence-corrected chi connectivity index (χ1v) is 8.09. The first-order chi connectivity index (χ1) is 9.88. The van der Waals surface area contributed by atoms with E-state index in [1.165, 1.54) is 12.8 Å². The Morgan fingerprint density at radius 3 is 2.48 bits per heavy atom. The summed E-state index contributed by atoms with van der Waals surface area (Å²) in [6.45, 7) is 8.16. The maximum Gasteiger partial charge on any atom is 0.249 e. The fourth-order valence-corrected chi connectivity index (χ4v) is 3.57. The summed E-state index contributed by atoms with van der Waals surface area (Å²) in [5.74, 6) is 2.61. The zero-order chi connectivity index (χ0) is 15.1. The van der Waals surface area contributed by atoms with E-state index in [-0.39, 0.29) is 0 Å². The number of hydrogen-bond donors (Lipinski definition) is 1. The Bertz CT molecular complexity index is 478. The molecular weight excluding hydrogens is 266 g/mol. The number of ether oxygens (including phenoxy) is 1. The highest BCUT2D eigenvalue weighted by Crippen LogP contribution is 2.42. The first kappa shape index (κ1) is 15.0. The van der Waals surface area contributed by atoms with E-state index in [1.54, 1.807) is 0 Å². The van der Waals surface area contributed by atoms with Gasteiger partial charge in [0.25, 0.3) is 0 Å². The lowest BCUT2D eigenvalue weighted by Gasteiger charge is -2.36. The van der Waals surface area contributed by atoms with Gasteiger partial charge in [-0.2, -0.15) is 4.98 Å². The van der Waals surface area contributed by atoms with Crippen molar-refractivity contribution in [3.63, 3.8) is 0 Å². The molecule has 1 saturated carbocycles. The summed E-state index contributed by atoms with van der Waals surface area (Å²) in [6, 6.07) is 0. The van der Waals surface area contributed by atoms with Gasteiger partial charge in [0, 0.05) is 12.5 Å². The van der Waals surface area contributed by atoms with Crippen LogP contribution < -0.4 is 5.73 Å². The summed E-state index contributed by atoms with van der Waals surface area (Å²) >= 11 is 0. The van der Waals surface area contributed by atoms with Crippen molar-refractivity contribution in [3.05, 3.63) is 11.7 Å². The Hall–Kier alpha value is -0.940. The van der Waals surface area contributed by atoms with Crippen LogP contribution in [0.15, 0.2) is 4.52 Å². The molecule has 1 aliphatic carbocycles. The highest BCUT2D eigenvalue weighted by molar-refractivity contribution is 5.07. The summed E-state index contributed by atoms with van der Waals surface area (Å²) < 4.78 is 10.8. The third kappa shape index (κ3) is 2.99. The average molecular weight is 293 g/mol. The molecule has 0 amide bonds. The SMILES string of the molecule is CC(C)(C)C1CCC(c2noc(C3(N)CCOC3)n2)CC1. The Morgan fingerprint density at radius 1 is 1.19 bits per heavy atom. The molecule has 5 heteroatoms. The zero-order valence-electron chi connectivity index (χ0n) is 13.4. The summed E-state index contributed by atoms with van der Waals surface area (Å²) in [7, 11) is 0. The van der Waals surface area contributed by atoms with Gasteiger partial charge in [0.15, 0.2) is 5.82 Å². The monoisotopic (exact) mass is 293 g/mol. The summed E-state index contributed by atoms with van der Waals surface area (Å²) in [4.78, 5) is 4.59. The molecule has 2 heterocycles. The highest BCUT2D eigenvalue weighted by Gasteiger charge is 2.39. The molecule has 1 atom stereocenters. The zero-order valence-corrected chi connectivity index (χ0v) is 13.4. The molecule has 2 aliphatic rings. The second kappa shape index (κ2) is 5.36. The minimum absolute atomic E-state index is 0.399. The minimum atomic E-state index is -0.576. The van der Waals surface area contributed by atoms with Crippen molar-refractivity contribution in [2.45, 2.75) is 64.3 Å². The fourth-order valence-electron chi connectivity index (χ4n) is 3.57. The lowest BCUT2D eigenvalue weighted by atomic mass is 9.70. The van der Waals surface area contributed by atoms with Gasteiger partial charge >= 0.3 is 0 Å². The van der Waals surface area contributed by atoms with Gasteiger partial charge in [-0.05, 0) is 43.4 Å². The number of hydrogen-bond acceptors (Lipinski definition) is 5. The van der Waals surface area contributed by atoms with Crippen LogP contribution in [0.1, 0.15) is 70.5 Å². The van der Waals surface area contributed by atoms with Crippen LogP contribution in [0.5, 0.6) is 0 Å². The van der Waals surface area contributed by atoms with Crippen molar-refractivity contribution in [1.82, 2.24) is 10.1 Å². The minimum Gasteiger partial charge on any atom is -0.379 e. The number of rotatable bonds is 2. The lowest BCUT2D eigenvalue weighted by Crippen LogP contribution is -2.37. The van der Waals surface area contributed by atoms with Crippen LogP contribution in [0.4, 0.5) is 0 Å². The van der Waals surface area contributed by atoms with E-state index in [0.717, 1.165) is 31.0 Å².